The second-order valence-electron chi connectivity index (χ2n) is 3.98. The number of rotatable bonds is 4. The Morgan fingerprint density at radius 1 is 1.44 bits per heavy atom. The first-order chi connectivity index (χ1) is 7.72. The van der Waals surface area contributed by atoms with Crippen LogP contribution < -0.4 is 0 Å². The molecule has 0 aliphatic heterocycles. The number of hydrogen-bond acceptors (Lipinski definition) is 2. The largest absolute Gasteiger partial charge is 0.306 e. The Morgan fingerprint density at radius 2 is 2.25 bits per heavy atom. The first-order valence-corrected chi connectivity index (χ1v) is 5.52. The van der Waals surface area contributed by atoms with Gasteiger partial charge in [-0.15, -0.1) is 0 Å². The van der Waals surface area contributed by atoms with E-state index in [1.165, 1.54) is 6.07 Å². The van der Waals surface area contributed by atoms with Crippen LogP contribution in [0.1, 0.15) is 12.6 Å². The van der Waals surface area contributed by atoms with Crippen molar-refractivity contribution >= 4 is 10.9 Å². The Morgan fingerprint density at radius 3 is 3.00 bits per heavy atom. The van der Waals surface area contributed by atoms with Crippen LogP contribution in [0.25, 0.3) is 10.9 Å². The van der Waals surface area contributed by atoms with Crippen LogP contribution in [0, 0.1) is 5.82 Å². The molecular formula is C12H16FN3. The van der Waals surface area contributed by atoms with Crippen LogP contribution in [0.2, 0.25) is 0 Å². The van der Waals surface area contributed by atoms with E-state index in [1.807, 2.05) is 6.07 Å². The maximum atomic E-state index is 13.4. The topological polar surface area (TPSA) is 31.9 Å². The lowest BCUT2D eigenvalue weighted by Gasteiger charge is -2.12. The molecule has 16 heavy (non-hydrogen) atoms. The van der Waals surface area contributed by atoms with Crippen molar-refractivity contribution in [3.63, 3.8) is 0 Å². The molecule has 4 heteroatoms. The molecule has 0 aliphatic carbocycles. The summed E-state index contributed by atoms with van der Waals surface area (Å²) in [5, 5.41) is 7.82. The molecule has 0 unspecified atom stereocenters. The Hall–Kier alpha value is -1.42. The third-order valence-corrected chi connectivity index (χ3v) is 2.90. The highest BCUT2D eigenvalue weighted by Gasteiger charge is 2.08. The monoisotopic (exact) mass is 221 g/mol. The van der Waals surface area contributed by atoms with Crippen molar-refractivity contribution in [3.8, 4) is 0 Å². The number of hydrogen-bond donors (Lipinski definition) is 1. The van der Waals surface area contributed by atoms with Crippen molar-refractivity contribution in [3.05, 3.63) is 29.7 Å². The zero-order valence-electron chi connectivity index (χ0n) is 9.63. The van der Waals surface area contributed by atoms with Crippen LogP contribution in [0.3, 0.4) is 0 Å². The first-order valence-electron chi connectivity index (χ1n) is 5.52. The molecule has 3 nitrogen and oxygen atoms in total. The molecule has 1 aromatic carbocycles. The molecule has 1 heterocycles. The Labute approximate surface area is 94.3 Å². The van der Waals surface area contributed by atoms with E-state index in [0.29, 0.717) is 5.52 Å². The third kappa shape index (κ3) is 2.07. The molecule has 2 rings (SSSR count). The number of likely N-dealkylation sites (N-methyl/N-ethyl adjacent to an activating group) is 1. The molecule has 0 amide bonds. The van der Waals surface area contributed by atoms with Gasteiger partial charge in [0.25, 0.3) is 0 Å². The number of fused-ring (bicyclic) bond motifs is 1. The Bertz CT molecular complexity index is 478. The van der Waals surface area contributed by atoms with Crippen molar-refractivity contribution in [2.75, 3.05) is 20.1 Å². The van der Waals surface area contributed by atoms with Gasteiger partial charge in [0.15, 0.2) is 0 Å². The number of para-hydroxylation sites is 1. The molecule has 1 aromatic heterocycles. The Kier molecular flexibility index (Phi) is 3.19. The summed E-state index contributed by atoms with van der Waals surface area (Å²) in [4.78, 5) is 2.21. The first kappa shape index (κ1) is 11.1. The molecular weight excluding hydrogens is 205 g/mol. The summed E-state index contributed by atoms with van der Waals surface area (Å²) in [5.74, 6) is -0.236. The molecule has 0 radical (unpaired) electrons. The highest BCUT2D eigenvalue weighted by molar-refractivity contribution is 5.81. The van der Waals surface area contributed by atoms with E-state index in [2.05, 4.69) is 29.1 Å². The second kappa shape index (κ2) is 4.61. The SMILES string of the molecule is CCN(C)CCc1n[nH]c2c(F)cccc12. The number of nitrogens with one attached hydrogen (secondary N) is 1. The molecule has 0 saturated carbocycles. The van der Waals surface area contributed by atoms with Gasteiger partial charge in [0.05, 0.1) is 5.69 Å². The van der Waals surface area contributed by atoms with Gasteiger partial charge in [-0.1, -0.05) is 19.1 Å². The van der Waals surface area contributed by atoms with Gasteiger partial charge in [0, 0.05) is 18.4 Å². The van der Waals surface area contributed by atoms with Gasteiger partial charge in [-0.2, -0.15) is 5.10 Å². The number of aromatic nitrogens is 2. The van der Waals surface area contributed by atoms with E-state index in [0.717, 1.165) is 30.6 Å². The number of benzene rings is 1. The standard InChI is InChI=1S/C12H16FN3/c1-3-16(2)8-7-11-9-5-4-6-10(13)12(9)15-14-11/h4-6H,3,7-8H2,1-2H3,(H,14,15). The summed E-state index contributed by atoms with van der Waals surface area (Å²) in [6.45, 7) is 4.06. The summed E-state index contributed by atoms with van der Waals surface area (Å²) in [7, 11) is 2.06. The zero-order valence-corrected chi connectivity index (χ0v) is 9.63. The van der Waals surface area contributed by atoms with Crippen LogP contribution in [0.4, 0.5) is 4.39 Å². The normalized spacial score (nSPS) is 11.5. The lowest BCUT2D eigenvalue weighted by atomic mass is 10.1. The average Bonchev–Trinajstić information content (AvgIpc) is 2.70. The molecule has 86 valence electrons. The van der Waals surface area contributed by atoms with E-state index in [1.54, 1.807) is 6.07 Å². The smallest absolute Gasteiger partial charge is 0.148 e. The van der Waals surface area contributed by atoms with Crippen molar-refractivity contribution in [2.45, 2.75) is 13.3 Å². The van der Waals surface area contributed by atoms with E-state index in [4.69, 9.17) is 0 Å². The molecule has 2 aromatic rings. The van der Waals surface area contributed by atoms with Gasteiger partial charge >= 0.3 is 0 Å². The maximum Gasteiger partial charge on any atom is 0.148 e. The molecule has 0 bridgehead atoms. The number of H-pyrrole nitrogens is 1. The summed E-state index contributed by atoms with van der Waals surface area (Å²) in [6.07, 6.45) is 0.841. The molecule has 0 fully saturated rings. The summed E-state index contributed by atoms with van der Waals surface area (Å²) in [6, 6.07) is 5.08. The van der Waals surface area contributed by atoms with Crippen molar-refractivity contribution in [1.29, 1.82) is 0 Å². The average molecular weight is 221 g/mol. The minimum Gasteiger partial charge on any atom is -0.306 e. The van der Waals surface area contributed by atoms with Gasteiger partial charge in [-0.3, -0.25) is 5.10 Å². The van der Waals surface area contributed by atoms with Crippen LogP contribution >= 0.6 is 0 Å². The fourth-order valence-electron chi connectivity index (χ4n) is 1.71. The van der Waals surface area contributed by atoms with E-state index in [9.17, 15) is 4.39 Å². The van der Waals surface area contributed by atoms with E-state index < -0.39 is 0 Å². The molecule has 1 N–H and O–H groups in total. The number of aromatic amines is 1. The van der Waals surface area contributed by atoms with E-state index in [-0.39, 0.29) is 5.82 Å². The lowest BCUT2D eigenvalue weighted by Crippen LogP contribution is -2.20. The molecule has 0 spiro atoms. The zero-order chi connectivity index (χ0) is 11.5. The summed E-state index contributed by atoms with van der Waals surface area (Å²) in [5.41, 5.74) is 1.45. The lowest BCUT2D eigenvalue weighted by molar-refractivity contribution is 0.356. The highest BCUT2D eigenvalue weighted by Crippen LogP contribution is 2.18. The predicted octanol–water partition coefficient (Wildman–Crippen LogP) is 2.20. The minimum atomic E-state index is -0.236. The molecule has 0 saturated heterocycles. The van der Waals surface area contributed by atoms with Crippen LogP contribution in [-0.2, 0) is 6.42 Å². The van der Waals surface area contributed by atoms with Gasteiger partial charge in [0.2, 0.25) is 0 Å². The van der Waals surface area contributed by atoms with Crippen LogP contribution in [0.15, 0.2) is 18.2 Å². The highest BCUT2D eigenvalue weighted by atomic mass is 19.1. The van der Waals surface area contributed by atoms with Crippen LogP contribution in [-0.4, -0.2) is 35.2 Å². The fourth-order valence-corrected chi connectivity index (χ4v) is 1.71. The van der Waals surface area contributed by atoms with Gasteiger partial charge in [0.1, 0.15) is 11.3 Å². The minimum absolute atomic E-state index is 0.236. The predicted molar refractivity (Wildman–Crippen MR) is 62.9 cm³/mol. The third-order valence-electron chi connectivity index (χ3n) is 2.90. The van der Waals surface area contributed by atoms with Crippen molar-refractivity contribution in [1.82, 2.24) is 15.1 Å². The van der Waals surface area contributed by atoms with Crippen molar-refractivity contribution in [2.24, 2.45) is 0 Å². The number of halogens is 1. The maximum absolute atomic E-state index is 13.4. The van der Waals surface area contributed by atoms with Gasteiger partial charge in [-0.25, -0.2) is 4.39 Å². The quantitative estimate of drug-likeness (QED) is 0.858. The molecule has 0 aliphatic rings. The van der Waals surface area contributed by atoms with Gasteiger partial charge < -0.3 is 4.90 Å². The fraction of sp³-hybridized carbons (Fsp3) is 0.417. The molecule has 0 atom stereocenters. The Balaban J connectivity index is 2.22. The van der Waals surface area contributed by atoms with Crippen molar-refractivity contribution < 1.29 is 4.39 Å². The van der Waals surface area contributed by atoms with Crippen LogP contribution in [0.5, 0.6) is 0 Å². The van der Waals surface area contributed by atoms with Gasteiger partial charge in [-0.05, 0) is 19.7 Å². The van der Waals surface area contributed by atoms with E-state index >= 15 is 0 Å². The summed E-state index contributed by atoms with van der Waals surface area (Å²) >= 11 is 0. The number of nitrogens with zero attached hydrogens (tertiary/aromatic N) is 2. The summed E-state index contributed by atoms with van der Waals surface area (Å²) < 4.78 is 13.4. The second-order valence-corrected chi connectivity index (χ2v) is 3.98.